The number of nitrogens with one attached hydrogen (secondary N) is 2. The first-order valence-corrected chi connectivity index (χ1v) is 7.86. The van der Waals surface area contributed by atoms with Crippen molar-refractivity contribution in [2.75, 3.05) is 12.4 Å². The lowest BCUT2D eigenvalue weighted by Crippen LogP contribution is -2.12. The molecule has 4 aromatic rings. The topological polar surface area (TPSA) is 113 Å². The molecule has 0 aliphatic heterocycles. The van der Waals surface area contributed by atoms with Gasteiger partial charge in [0.2, 0.25) is 11.9 Å². The summed E-state index contributed by atoms with van der Waals surface area (Å²) in [5.74, 6) is 1.28. The van der Waals surface area contributed by atoms with Crippen LogP contribution in [-0.2, 0) is 0 Å². The molecular weight excluding hydrogens is 334 g/mol. The quantitative estimate of drug-likeness (QED) is 0.521. The van der Waals surface area contributed by atoms with Crippen LogP contribution in [-0.4, -0.2) is 32.2 Å². The number of H-pyrrole nitrogens is 1. The molecule has 0 atom stereocenters. The Morgan fingerprint density at radius 1 is 1.04 bits per heavy atom. The standard InChI is InChI=1S/C18H15N5O3/c1-9-12-8-11(26-2)4-6-14(12)20-17(19-9)23-18-21-15-5-3-10(24)7-13(15)16(25)22-18/h3-8,24H,1-2H3,(H2,19,20,21,22,23,25). The molecule has 3 N–H and O–H groups in total. The number of ether oxygens (including phenoxy) is 1. The fraction of sp³-hybridized carbons (Fsp3) is 0.111. The van der Waals surface area contributed by atoms with Crippen LogP contribution in [0.25, 0.3) is 21.8 Å². The van der Waals surface area contributed by atoms with Crippen LogP contribution in [0.2, 0.25) is 0 Å². The van der Waals surface area contributed by atoms with Gasteiger partial charge in [0.05, 0.1) is 29.2 Å². The molecule has 4 rings (SSSR count). The number of aryl methyl sites for hydroxylation is 1. The maximum absolute atomic E-state index is 12.2. The molecule has 130 valence electrons. The van der Waals surface area contributed by atoms with Crippen LogP contribution >= 0.6 is 0 Å². The number of aromatic nitrogens is 4. The average Bonchev–Trinajstić information content (AvgIpc) is 2.62. The van der Waals surface area contributed by atoms with Gasteiger partial charge in [0.15, 0.2) is 0 Å². The number of fused-ring (bicyclic) bond motifs is 2. The number of aromatic hydroxyl groups is 1. The fourth-order valence-corrected chi connectivity index (χ4v) is 2.74. The second kappa shape index (κ2) is 5.99. The van der Waals surface area contributed by atoms with Crippen molar-refractivity contribution in [3.63, 3.8) is 0 Å². The maximum Gasteiger partial charge on any atom is 0.260 e. The van der Waals surface area contributed by atoms with Gasteiger partial charge in [0.25, 0.3) is 5.56 Å². The summed E-state index contributed by atoms with van der Waals surface area (Å²) in [5.41, 5.74) is 1.60. The van der Waals surface area contributed by atoms with Crippen LogP contribution in [0.1, 0.15) is 5.69 Å². The van der Waals surface area contributed by atoms with E-state index in [1.165, 1.54) is 12.1 Å². The number of aromatic amines is 1. The van der Waals surface area contributed by atoms with Crippen LogP contribution < -0.4 is 15.6 Å². The summed E-state index contributed by atoms with van der Waals surface area (Å²) >= 11 is 0. The van der Waals surface area contributed by atoms with Gasteiger partial charge in [-0.25, -0.2) is 15.0 Å². The van der Waals surface area contributed by atoms with Crippen LogP contribution in [0.5, 0.6) is 11.5 Å². The molecule has 0 amide bonds. The molecule has 2 aromatic carbocycles. The van der Waals surface area contributed by atoms with E-state index in [-0.39, 0.29) is 17.3 Å². The van der Waals surface area contributed by atoms with Gasteiger partial charge in [-0.15, -0.1) is 0 Å². The third kappa shape index (κ3) is 2.77. The normalized spacial score (nSPS) is 11.0. The van der Waals surface area contributed by atoms with E-state index in [9.17, 15) is 9.90 Å². The molecule has 0 aliphatic carbocycles. The van der Waals surface area contributed by atoms with Crippen LogP contribution in [0.4, 0.5) is 11.9 Å². The molecule has 0 aliphatic rings. The highest BCUT2D eigenvalue weighted by molar-refractivity contribution is 5.84. The first-order valence-electron chi connectivity index (χ1n) is 7.86. The molecule has 0 radical (unpaired) electrons. The zero-order valence-corrected chi connectivity index (χ0v) is 14.1. The predicted molar refractivity (Wildman–Crippen MR) is 98.1 cm³/mol. The van der Waals surface area contributed by atoms with Crippen LogP contribution in [0.3, 0.4) is 0 Å². The minimum Gasteiger partial charge on any atom is -0.508 e. The van der Waals surface area contributed by atoms with Gasteiger partial charge < -0.3 is 9.84 Å². The van der Waals surface area contributed by atoms with E-state index in [4.69, 9.17) is 4.74 Å². The minimum atomic E-state index is -0.365. The summed E-state index contributed by atoms with van der Waals surface area (Å²) in [6.07, 6.45) is 0. The minimum absolute atomic E-state index is 0.00873. The Morgan fingerprint density at radius 3 is 2.62 bits per heavy atom. The smallest absolute Gasteiger partial charge is 0.260 e. The maximum atomic E-state index is 12.2. The number of hydrogen-bond donors (Lipinski definition) is 3. The molecule has 0 unspecified atom stereocenters. The number of hydrogen-bond acceptors (Lipinski definition) is 7. The van der Waals surface area contributed by atoms with E-state index in [0.29, 0.717) is 16.9 Å². The molecule has 0 fully saturated rings. The number of nitrogens with zero attached hydrogens (tertiary/aromatic N) is 3. The van der Waals surface area contributed by atoms with Crippen molar-refractivity contribution in [2.45, 2.75) is 6.92 Å². The van der Waals surface area contributed by atoms with Crippen molar-refractivity contribution in [1.29, 1.82) is 0 Å². The average molecular weight is 349 g/mol. The van der Waals surface area contributed by atoms with Crippen molar-refractivity contribution < 1.29 is 9.84 Å². The van der Waals surface area contributed by atoms with E-state index in [1.54, 1.807) is 13.2 Å². The van der Waals surface area contributed by atoms with E-state index in [0.717, 1.165) is 22.3 Å². The van der Waals surface area contributed by atoms with E-state index < -0.39 is 0 Å². The van der Waals surface area contributed by atoms with Gasteiger partial charge in [0, 0.05) is 5.39 Å². The summed E-state index contributed by atoms with van der Waals surface area (Å²) in [6.45, 7) is 1.87. The van der Waals surface area contributed by atoms with Crippen molar-refractivity contribution >= 4 is 33.7 Å². The largest absolute Gasteiger partial charge is 0.508 e. The van der Waals surface area contributed by atoms with Gasteiger partial charge in [-0.05, 0) is 43.3 Å². The van der Waals surface area contributed by atoms with Crippen molar-refractivity contribution in [2.24, 2.45) is 0 Å². The van der Waals surface area contributed by atoms with E-state index in [2.05, 4.69) is 25.3 Å². The first kappa shape index (κ1) is 15.8. The Labute approximate surface area is 147 Å². The van der Waals surface area contributed by atoms with E-state index >= 15 is 0 Å². The van der Waals surface area contributed by atoms with Gasteiger partial charge in [-0.3, -0.25) is 15.1 Å². The van der Waals surface area contributed by atoms with Crippen molar-refractivity contribution in [3.8, 4) is 11.5 Å². The Hall–Kier alpha value is -3.68. The molecule has 0 bridgehead atoms. The van der Waals surface area contributed by atoms with Gasteiger partial charge >= 0.3 is 0 Å². The second-order valence-corrected chi connectivity index (χ2v) is 5.76. The summed E-state index contributed by atoms with van der Waals surface area (Å²) < 4.78 is 5.23. The molecule has 8 heteroatoms. The Morgan fingerprint density at radius 2 is 1.81 bits per heavy atom. The summed E-state index contributed by atoms with van der Waals surface area (Å²) in [6, 6.07) is 9.95. The molecule has 0 saturated heterocycles. The SMILES string of the molecule is COc1ccc2nc(Nc3nc4ccc(O)cc4c(=O)[nH]3)nc(C)c2c1. The highest BCUT2D eigenvalue weighted by Gasteiger charge is 2.09. The second-order valence-electron chi connectivity index (χ2n) is 5.76. The number of benzene rings is 2. The first-order chi connectivity index (χ1) is 12.5. The molecular formula is C18H15N5O3. The summed E-state index contributed by atoms with van der Waals surface area (Å²) in [4.78, 5) is 28.0. The number of phenolic OH excluding ortho intramolecular Hbond substituents is 1. The Balaban J connectivity index is 1.76. The summed E-state index contributed by atoms with van der Waals surface area (Å²) in [7, 11) is 1.61. The van der Waals surface area contributed by atoms with Gasteiger partial charge in [-0.2, -0.15) is 0 Å². The fourth-order valence-electron chi connectivity index (χ4n) is 2.74. The highest BCUT2D eigenvalue weighted by Crippen LogP contribution is 2.23. The molecule has 8 nitrogen and oxygen atoms in total. The molecule has 2 aromatic heterocycles. The Bertz CT molecular complexity index is 1200. The van der Waals surface area contributed by atoms with Gasteiger partial charge in [-0.1, -0.05) is 0 Å². The lowest BCUT2D eigenvalue weighted by Gasteiger charge is -2.09. The van der Waals surface area contributed by atoms with Crippen LogP contribution in [0.15, 0.2) is 41.2 Å². The number of anilines is 2. The number of methoxy groups -OCH3 is 1. The number of rotatable bonds is 3. The summed E-state index contributed by atoms with van der Waals surface area (Å²) in [5, 5.41) is 13.6. The Kier molecular flexibility index (Phi) is 3.65. The lowest BCUT2D eigenvalue weighted by atomic mass is 10.2. The molecule has 26 heavy (non-hydrogen) atoms. The molecule has 0 spiro atoms. The molecule has 0 saturated carbocycles. The zero-order valence-electron chi connectivity index (χ0n) is 14.1. The highest BCUT2D eigenvalue weighted by atomic mass is 16.5. The monoisotopic (exact) mass is 349 g/mol. The lowest BCUT2D eigenvalue weighted by molar-refractivity contribution is 0.415. The zero-order chi connectivity index (χ0) is 18.3. The molecule has 2 heterocycles. The van der Waals surface area contributed by atoms with Gasteiger partial charge in [0.1, 0.15) is 11.5 Å². The third-order valence-electron chi connectivity index (χ3n) is 4.01. The number of phenols is 1. The van der Waals surface area contributed by atoms with E-state index in [1.807, 2.05) is 25.1 Å². The van der Waals surface area contributed by atoms with Crippen molar-refractivity contribution in [1.82, 2.24) is 19.9 Å². The van der Waals surface area contributed by atoms with Crippen LogP contribution in [0, 0.1) is 6.92 Å². The third-order valence-corrected chi connectivity index (χ3v) is 4.01. The van der Waals surface area contributed by atoms with Crippen molar-refractivity contribution in [3.05, 3.63) is 52.4 Å². The predicted octanol–water partition coefficient (Wildman–Crippen LogP) is 2.63.